The Bertz CT molecular complexity index is 861. The molecule has 0 aliphatic rings. The fourth-order valence-corrected chi connectivity index (χ4v) is 3.72. The zero-order valence-corrected chi connectivity index (χ0v) is 18.4. The maximum absolute atomic E-state index is 12.3. The largest absolute Gasteiger partial charge is 0.496 e. The second-order valence-electron chi connectivity index (χ2n) is 4.95. The van der Waals surface area contributed by atoms with Gasteiger partial charge in [0.25, 0.3) is 5.91 Å². The van der Waals surface area contributed by atoms with Crippen molar-refractivity contribution in [3.05, 3.63) is 54.9 Å². The van der Waals surface area contributed by atoms with Crippen LogP contribution < -0.4 is 14.9 Å². The Hall–Kier alpha value is -1.71. The van der Waals surface area contributed by atoms with Crippen LogP contribution in [-0.2, 0) is 4.79 Å². The highest BCUT2D eigenvalue weighted by Crippen LogP contribution is 2.34. The van der Waals surface area contributed by atoms with Crippen LogP contribution in [0.4, 0.5) is 0 Å². The van der Waals surface area contributed by atoms with Gasteiger partial charge in [-0.15, -0.1) is 0 Å². The van der Waals surface area contributed by atoms with Crippen molar-refractivity contribution >= 4 is 65.9 Å². The molecule has 1 amide bonds. The van der Waals surface area contributed by atoms with Crippen LogP contribution in [-0.4, -0.2) is 25.2 Å². The molecule has 0 atom stereocenters. The summed E-state index contributed by atoms with van der Waals surface area (Å²) < 4.78 is 12.2. The monoisotopic (exact) mass is 546 g/mol. The molecule has 9 heteroatoms. The average Bonchev–Trinajstić information content (AvgIpc) is 2.58. The summed E-state index contributed by atoms with van der Waals surface area (Å²) in [5, 5.41) is 3.95. The molecule has 0 aliphatic heterocycles. The molecule has 26 heavy (non-hydrogen) atoms. The highest BCUT2D eigenvalue weighted by molar-refractivity contribution is 9.11. The van der Waals surface area contributed by atoms with Crippen LogP contribution >= 0.6 is 47.8 Å². The summed E-state index contributed by atoms with van der Waals surface area (Å²) in [5.74, 6) is -0.0215. The standard InChI is InChI=1S/C17H13Br3N2O4/c1-9(23)26-16-13(19)5-10(6-14(16)20)8-21-22-17(24)12-7-11(18)3-4-15(12)25-2/h3-8H,1-2H3,(H,22,24)/b21-8-. The zero-order valence-electron chi connectivity index (χ0n) is 13.7. The van der Waals surface area contributed by atoms with Crippen molar-refractivity contribution in [2.45, 2.75) is 6.92 Å². The van der Waals surface area contributed by atoms with Crippen molar-refractivity contribution in [3.63, 3.8) is 0 Å². The number of hydrogen-bond donors (Lipinski definition) is 1. The molecule has 0 unspecified atom stereocenters. The third-order valence-electron chi connectivity index (χ3n) is 3.05. The minimum atomic E-state index is -0.428. The van der Waals surface area contributed by atoms with Gasteiger partial charge < -0.3 is 9.47 Å². The molecule has 0 saturated heterocycles. The number of ether oxygens (including phenoxy) is 2. The lowest BCUT2D eigenvalue weighted by Gasteiger charge is -2.08. The van der Waals surface area contributed by atoms with Crippen molar-refractivity contribution in [3.8, 4) is 11.5 Å². The topological polar surface area (TPSA) is 77.0 Å². The molecule has 0 bridgehead atoms. The van der Waals surface area contributed by atoms with Crippen molar-refractivity contribution in [1.29, 1.82) is 0 Å². The van der Waals surface area contributed by atoms with Crippen LogP contribution in [0.3, 0.4) is 0 Å². The van der Waals surface area contributed by atoms with Crippen LogP contribution in [0, 0.1) is 0 Å². The SMILES string of the molecule is COc1ccc(Br)cc1C(=O)N/N=C\c1cc(Br)c(OC(C)=O)c(Br)c1. The van der Waals surface area contributed by atoms with Crippen molar-refractivity contribution < 1.29 is 19.1 Å². The number of rotatable bonds is 5. The number of esters is 1. The predicted octanol–water partition coefficient (Wildman–Crippen LogP) is 4.67. The summed E-state index contributed by atoms with van der Waals surface area (Å²) in [5.41, 5.74) is 3.48. The van der Waals surface area contributed by atoms with Gasteiger partial charge in [-0.25, -0.2) is 5.43 Å². The molecule has 0 saturated carbocycles. The van der Waals surface area contributed by atoms with E-state index in [0.717, 1.165) is 4.47 Å². The molecule has 6 nitrogen and oxygen atoms in total. The molecule has 0 fully saturated rings. The number of hydrazone groups is 1. The Morgan fingerprint density at radius 2 is 1.77 bits per heavy atom. The third-order valence-corrected chi connectivity index (χ3v) is 4.72. The van der Waals surface area contributed by atoms with E-state index in [1.54, 1.807) is 30.3 Å². The second-order valence-corrected chi connectivity index (χ2v) is 7.58. The summed E-state index contributed by atoms with van der Waals surface area (Å²) in [6, 6.07) is 8.52. The quantitative estimate of drug-likeness (QED) is 0.255. The van der Waals surface area contributed by atoms with Gasteiger partial charge in [-0.2, -0.15) is 5.10 Å². The van der Waals surface area contributed by atoms with E-state index in [9.17, 15) is 9.59 Å². The van der Waals surface area contributed by atoms with Gasteiger partial charge in [0.05, 0.1) is 27.8 Å². The van der Waals surface area contributed by atoms with Gasteiger partial charge in [-0.05, 0) is 67.8 Å². The molecule has 0 heterocycles. The van der Waals surface area contributed by atoms with Crippen molar-refractivity contribution in [2.75, 3.05) is 7.11 Å². The van der Waals surface area contributed by atoms with E-state index in [4.69, 9.17) is 9.47 Å². The molecule has 136 valence electrons. The van der Waals surface area contributed by atoms with E-state index in [-0.39, 0.29) is 0 Å². The Labute approximate surface area is 175 Å². The Kier molecular flexibility index (Phi) is 7.36. The van der Waals surface area contributed by atoms with Crippen molar-refractivity contribution in [1.82, 2.24) is 5.43 Å². The van der Waals surface area contributed by atoms with E-state index in [1.807, 2.05) is 0 Å². The number of hydrogen-bond acceptors (Lipinski definition) is 5. The number of nitrogens with zero attached hydrogens (tertiary/aromatic N) is 1. The van der Waals surface area contributed by atoms with Crippen LogP contribution in [0.1, 0.15) is 22.8 Å². The number of nitrogens with one attached hydrogen (secondary N) is 1. The van der Waals surface area contributed by atoms with Crippen LogP contribution in [0.2, 0.25) is 0 Å². The molecule has 0 spiro atoms. The van der Waals surface area contributed by atoms with Gasteiger partial charge >= 0.3 is 5.97 Å². The number of carbonyl (C=O) groups excluding carboxylic acids is 2. The maximum Gasteiger partial charge on any atom is 0.308 e. The van der Waals surface area contributed by atoms with Gasteiger partial charge in [-0.3, -0.25) is 9.59 Å². The Morgan fingerprint density at radius 3 is 2.35 bits per heavy atom. The first kappa shape index (κ1) is 20.6. The van der Waals surface area contributed by atoms with Gasteiger partial charge in [0.2, 0.25) is 0 Å². The normalized spacial score (nSPS) is 10.7. The first-order valence-electron chi connectivity index (χ1n) is 7.16. The van der Waals surface area contributed by atoms with Crippen LogP contribution in [0.15, 0.2) is 48.9 Å². The summed E-state index contributed by atoms with van der Waals surface area (Å²) in [7, 11) is 1.49. The van der Waals surface area contributed by atoms with Gasteiger partial charge in [0.1, 0.15) is 5.75 Å². The lowest BCUT2D eigenvalue weighted by molar-refractivity contribution is -0.131. The molecular weight excluding hydrogens is 536 g/mol. The molecule has 0 radical (unpaired) electrons. The first-order valence-corrected chi connectivity index (χ1v) is 9.54. The van der Waals surface area contributed by atoms with Gasteiger partial charge in [-0.1, -0.05) is 15.9 Å². The Morgan fingerprint density at radius 1 is 1.12 bits per heavy atom. The van der Waals surface area contributed by atoms with E-state index < -0.39 is 11.9 Å². The molecule has 2 aromatic rings. The zero-order chi connectivity index (χ0) is 19.3. The molecule has 0 aliphatic carbocycles. The fourth-order valence-electron chi connectivity index (χ4n) is 1.98. The van der Waals surface area contributed by atoms with E-state index in [2.05, 4.69) is 58.3 Å². The molecule has 2 rings (SSSR count). The summed E-state index contributed by atoms with van der Waals surface area (Å²) in [6.07, 6.45) is 1.47. The number of methoxy groups -OCH3 is 1. The lowest BCUT2D eigenvalue weighted by Crippen LogP contribution is -2.18. The number of carbonyl (C=O) groups is 2. The highest BCUT2D eigenvalue weighted by atomic mass is 79.9. The Balaban J connectivity index is 2.15. The smallest absolute Gasteiger partial charge is 0.308 e. The van der Waals surface area contributed by atoms with E-state index >= 15 is 0 Å². The number of benzene rings is 2. The molecule has 0 aromatic heterocycles. The highest BCUT2D eigenvalue weighted by Gasteiger charge is 2.13. The lowest BCUT2D eigenvalue weighted by atomic mass is 10.2. The summed E-state index contributed by atoms with van der Waals surface area (Å²) >= 11 is 9.98. The predicted molar refractivity (Wildman–Crippen MR) is 109 cm³/mol. The van der Waals surface area contributed by atoms with Crippen LogP contribution in [0.5, 0.6) is 11.5 Å². The van der Waals surface area contributed by atoms with E-state index in [0.29, 0.717) is 31.6 Å². The number of amides is 1. The number of halogens is 3. The second kappa shape index (κ2) is 9.29. The maximum atomic E-state index is 12.3. The van der Waals surface area contributed by atoms with Crippen molar-refractivity contribution in [2.24, 2.45) is 5.10 Å². The summed E-state index contributed by atoms with van der Waals surface area (Å²) in [4.78, 5) is 23.4. The molecule has 2 aromatic carbocycles. The summed E-state index contributed by atoms with van der Waals surface area (Å²) in [6.45, 7) is 1.32. The first-order chi connectivity index (χ1) is 12.3. The molecule has 1 N–H and O–H groups in total. The van der Waals surface area contributed by atoms with Gasteiger partial charge in [0.15, 0.2) is 5.75 Å². The average molecular weight is 549 g/mol. The third kappa shape index (κ3) is 5.39. The van der Waals surface area contributed by atoms with Crippen LogP contribution in [0.25, 0.3) is 0 Å². The minimum absolute atomic E-state index is 0.353. The van der Waals surface area contributed by atoms with Gasteiger partial charge in [0, 0.05) is 11.4 Å². The molecular formula is C17H13Br3N2O4. The minimum Gasteiger partial charge on any atom is -0.496 e. The van der Waals surface area contributed by atoms with E-state index in [1.165, 1.54) is 20.2 Å². The fraction of sp³-hybridized carbons (Fsp3) is 0.118.